The highest BCUT2D eigenvalue weighted by Crippen LogP contribution is 2.52. The van der Waals surface area contributed by atoms with Crippen molar-refractivity contribution in [2.24, 2.45) is 5.92 Å². The van der Waals surface area contributed by atoms with E-state index in [0.29, 0.717) is 16.5 Å². The lowest BCUT2D eigenvalue weighted by Gasteiger charge is -2.38. The van der Waals surface area contributed by atoms with Crippen LogP contribution >= 0.6 is 11.6 Å². The SMILES string of the molecule is COc1ccc([C@@H]2Nc3c(Cl)cc(C(=O)O)cc3[C@@H]3C=CC[C@@H]32)cc1OC. The molecule has 2 aromatic rings. The molecule has 1 heterocycles. The smallest absolute Gasteiger partial charge is 0.335 e. The minimum Gasteiger partial charge on any atom is -0.493 e. The Balaban J connectivity index is 1.79. The van der Waals surface area contributed by atoms with E-state index in [2.05, 4.69) is 17.5 Å². The van der Waals surface area contributed by atoms with Gasteiger partial charge in [0.15, 0.2) is 11.5 Å². The first kappa shape index (κ1) is 17.7. The fraction of sp³-hybridized carbons (Fsp3) is 0.286. The number of allylic oxidation sites excluding steroid dienone is 2. The number of methoxy groups -OCH3 is 2. The van der Waals surface area contributed by atoms with E-state index in [0.717, 1.165) is 23.2 Å². The van der Waals surface area contributed by atoms with Crippen molar-refractivity contribution in [3.8, 4) is 11.5 Å². The standard InChI is InChI=1S/C21H20ClNO4/c1-26-17-7-6-11(10-18(17)27-2)19-14-5-3-4-13(14)15-8-12(21(24)25)9-16(22)20(15)23-19/h3-4,6-10,13-14,19,23H,5H2,1-2H3,(H,24,25)/t13-,14+,19+/m1/s1. The maximum Gasteiger partial charge on any atom is 0.335 e. The molecule has 0 radical (unpaired) electrons. The molecule has 27 heavy (non-hydrogen) atoms. The molecule has 0 aromatic heterocycles. The number of ether oxygens (including phenoxy) is 2. The Morgan fingerprint density at radius 1 is 1.19 bits per heavy atom. The van der Waals surface area contributed by atoms with Gasteiger partial charge in [0.2, 0.25) is 0 Å². The monoisotopic (exact) mass is 385 g/mol. The van der Waals surface area contributed by atoms with Gasteiger partial charge in [-0.2, -0.15) is 0 Å². The van der Waals surface area contributed by atoms with E-state index in [1.807, 2.05) is 18.2 Å². The van der Waals surface area contributed by atoms with Crippen LogP contribution in [-0.4, -0.2) is 25.3 Å². The lowest BCUT2D eigenvalue weighted by atomic mass is 9.76. The van der Waals surface area contributed by atoms with Gasteiger partial charge in [-0.1, -0.05) is 29.8 Å². The summed E-state index contributed by atoms with van der Waals surface area (Å²) in [6.07, 6.45) is 5.21. The van der Waals surface area contributed by atoms with Crippen LogP contribution in [0.1, 0.15) is 39.9 Å². The van der Waals surface area contributed by atoms with Crippen molar-refractivity contribution in [2.45, 2.75) is 18.4 Å². The highest BCUT2D eigenvalue weighted by atomic mass is 35.5. The van der Waals surface area contributed by atoms with E-state index in [4.69, 9.17) is 21.1 Å². The van der Waals surface area contributed by atoms with Gasteiger partial charge in [-0.15, -0.1) is 0 Å². The van der Waals surface area contributed by atoms with Crippen molar-refractivity contribution in [3.05, 3.63) is 64.2 Å². The summed E-state index contributed by atoms with van der Waals surface area (Å²) in [5.41, 5.74) is 3.03. The predicted molar refractivity (Wildman–Crippen MR) is 104 cm³/mol. The van der Waals surface area contributed by atoms with E-state index in [1.165, 1.54) is 6.07 Å². The van der Waals surface area contributed by atoms with E-state index in [1.54, 1.807) is 20.3 Å². The summed E-state index contributed by atoms with van der Waals surface area (Å²) in [6, 6.07) is 9.17. The van der Waals surface area contributed by atoms with Gasteiger partial charge in [0, 0.05) is 5.92 Å². The van der Waals surface area contributed by atoms with Gasteiger partial charge in [-0.3, -0.25) is 0 Å². The topological polar surface area (TPSA) is 67.8 Å². The van der Waals surface area contributed by atoms with Crippen molar-refractivity contribution in [2.75, 3.05) is 19.5 Å². The number of nitrogens with one attached hydrogen (secondary N) is 1. The Kier molecular flexibility index (Phi) is 4.48. The first-order valence-electron chi connectivity index (χ1n) is 8.75. The maximum atomic E-state index is 11.4. The van der Waals surface area contributed by atoms with Crippen LogP contribution in [-0.2, 0) is 0 Å². The number of carbonyl (C=O) groups is 1. The number of anilines is 1. The molecule has 1 aliphatic carbocycles. The van der Waals surface area contributed by atoms with Crippen LogP contribution in [0.4, 0.5) is 5.69 Å². The third-order valence-corrected chi connectivity index (χ3v) is 5.73. The molecule has 0 spiro atoms. The minimum absolute atomic E-state index is 0.0329. The average Bonchev–Trinajstić information content (AvgIpc) is 3.17. The second kappa shape index (κ2) is 6.82. The summed E-state index contributed by atoms with van der Waals surface area (Å²) < 4.78 is 10.8. The number of halogens is 1. The number of hydrogen-bond acceptors (Lipinski definition) is 4. The first-order valence-corrected chi connectivity index (χ1v) is 9.13. The first-order chi connectivity index (χ1) is 13.0. The molecule has 3 atom stereocenters. The van der Waals surface area contributed by atoms with Gasteiger partial charge in [0.25, 0.3) is 0 Å². The van der Waals surface area contributed by atoms with Crippen LogP contribution in [0, 0.1) is 5.92 Å². The Hall–Kier alpha value is -2.66. The molecule has 6 heteroatoms. The molecule has 2 N–H and O–H groups in total. The Labute approximate surface area is 162 Å². The fourth-order valence-electron chi connectivity index (χ4n) is 4.16. The van der Waals surface area contributed by atoms with Gasteiger partial charge in [-0.25, -0.2) is 4.79 Å². The second-order valence-electron chi connectivity index (χ2n) is 6.82. The lowest BCUT2D eigenvalue weighted by molar-refractivity contribution is 0.0696. The van der Waals surface area contributed by atoms with Crippen molar-refractivity contribution in [3.63, 3.8) is 0 Å². The number of fused-ring (bicyclic) bond motifs is 3. The third kappa shape index (κ3) is 2.92. The van der Waals surface area contributed by atoms with Crippen molar-refractivity contribution >= 4 is 23.3 Å². The van der Waals surface area contributed by atoms with E-state index >= 15 is 0 Å². The van der Waals surface area contributed by atoms with Gasteiger partial charge in [0.05, 0.1) is 36.5 Å². The number of hydrogen-bond donors (Lipinski definition) is 2. The molecular formula is C21H20ClNO4. The zero-order valence-corrected chi connectivity index (χ0v) is 15.8. The Bertz CT molecular complexity index is 940. The minimum atomic E-state index is -0.972. The fourth-order valence-corrected chi connectivity index (χ4v) is 4.44. The van der Waals surface area contributed by atoms with Crippen LogP contribution < -0.4 is 14.8 Å². The normalized spacial score (nSPS) is 22.6. The number of aromatic carboxylic acids is 1. The molecule has 5 nitrogen and oxygen atoms in total. The molecule has 0 saturated heterocycles. The molecule has 4 rings (SSSR count). The highest BCUT2D eigenvalue weighted by Gasteiger charge is 2.39. The summed E-state index contributed by atoms with van der Waals surface area (Å²) in [5.74, 6) is 0.784. The Morgan fingerprint density at radius 3 is 2.67 bits per heavy atom. The van der Waals surface area contributed by atoms with E-state index in [-0.39, 0.29) is 23.4 Å². The number of carboxylic acid groups (broad SMARTS) is 1. The van der Waals surface area contributed by atoms with Gasteiger partial charge in [0.1, 0.15) is 0 Å². The van der Waals surface area contributed by atoms with Crippen LogP contribution in [0.15, 0.2) is 42.5 Å². The summed E-state index contributed by atoms with van der Waals surface area (Å²) in [6.45, 7) is 0. The molecule has 140 valence electrons. The summed E-state index contributed by atoms with van der Waals surface area (Å²) in [7, 11) is 3.23. The number of rotatable bonds is 4. The van der Waals surface area contributed by atoms with Crippen LogP contribution in [0.2, 0.25) is 5.02 Å². The highest BCUT2D eigenvalue weighted by molar-refractivity contribution is 6.33. The van der Waals surface area contributed by atoms with E-state index in [9.17, 15) is 9.90 Å². The molecule has 1 aliphatic heterocycles. The zero-order chi connectivity index (χ0) is 19.1. The van der Waals surface area contributed by atoms with Crippen molar-refractivity contribution in [1.82, 2.24) is 0 Å². The third-order valence-electron chi connectivity index (χ3n) is 5.43. The van der Waals surface area contributed by atoms with Gasteiger partial charge < -0.3 is 19.9 Å². The predicted octanol–water partition coefficient (Wildman–Crippen LogP) is 4.88. The molecule has 0 bridgehead atoms. The Morgan fingerprint density at radius 2 is 1.96 bits per heavy atom. The molecule has 0 fully saturated rings. The average molecular weight is 386 g/mol. The largest absolute Gasteiger partial charge is 0.493 e. The lowest BCUT2D eigenvalue weighted by Crippen LogP contribution is -2.29. The number of carboxylic acids is 1. The van der Waals surface area contributed by atoms with Gasteiger partial charge in [-0.05, 0) is 47.7 Å². The van der Waals surface area contributed by atoms with E-state index < -0.39 is 5.97 Å². The summed E-state index contributed by atoms with van der Waals surface area (Å²) in [5, 5.41) is 13.3. The quantitative estimate of drug-likeness (QED) is 0.734. The summed E-state index contributed by atoms with van der Waals surface area (Å²) >= 11 is 6.45. The number of benzene rings is 2. The molecule has 2 aliphatic rings. The van der Waals surface area contributed by atoms with Crippen molar-refractivity contribution in [1.29, 1.82) is 0 Å². The molecule has 0 amide bonds. The van der Waals surface area contributed by atoms with Gasteiger partial charge >= 0.3 is 5.97 Å². The van der Waals surface area contributed by atoms with Crippen LogP contribution in [0.25, 0.3) is 0 Å². The molecular weight excluding hydrogens is 366 g/mol. The van der Waals surface area contributed by atoms with Crippen LogP contribution in [0.3, 0.4) is 0 Å². The molecule has 0 unspecified atom stereocenters. The second-order valence-corrected chi connectivity index (χ2v) is 7.22. The van der Waals surface area contributed by atoms with Crippen molar-refractivity contribution < 1.29 is 19.4 Å². The molecule has 0 saturated carbocycles. The molecule has 2 aromatic carbocycles. The van der Waals surface area contributed by atoms with Crippen LogP contribution in [0.5, 0.6) is 11.5 Å². The summed E-state index contributed by atoms with van der Waals surface area (Å²) in [4.78, 5) is 11.4. The maximum absolute atomic E-state index is 11.4. The zero-order valence-electron chi connectivity index (χ0n) is 15.0.